The van der Waals surface area contributed by atoms with Gasteiger partial charge >= 0.3 is 17.9 Å². The van der Waals surface area contributed by atoms with Crippen molar-refractivity contribution >= 4 is 36.0 Å². The Kier molecular flexibility index (Phi) is 7.73. The zero-order chi connectivity index (χ0) is 22.6. The molecule has 2 heterocycles. The molecule has 30 heavy (non-hydrogen) atoms. The van der Waals surface area contributed by atoms with Crippen LogP contribution in [0.4, 0.5) is 0 Å². The zero-order valence-corrected chi connectivity index (χ0v) is 17.9. The maximum Gasteiger partial charge on any atom is 0.303 e. The fourth-order valence-electron chi connectivity index (χ4n) is 3.10. The van der Waals surface area contributed by atoms with E-state index in [1.54, 1.807) is 6.26 Å². The molecule has 0 aliphatic carbocycles. The van der Waals surface area contributed by atoms with Gasteiger partial charge in [0.2, 0.25) is 0 Å². The van der Waals surface area contributed by atoms with E-state index >= 15 is 0 Å². The van der Waals surface area contributed by atoms with E-state index in [2.05, 4.69) is 4.98 Å². The molecule has 0 amide bonds. The molecule has 164 valence electrons. The van der Waals surface area contributed by atoms with Crippen LogP contribution in [0.3, 0.4) is 0 Å². The molecule has 2 rings (SSSR count). The van der Waals surface area contributed by atoms with E-state index in [1.165, 1.54) is 11.6 Å². The highest BCUT2D eigenvalue weighted by molar-refractivity contribution is 7.98. The predicted octanol–water partition coefficient (Wildman–Crippen LogP) is 0.181. The number of esters is 3. The number of thioether (sulfide) groups is 1. The highest BCUT2D eigenvalue weighted by atomic mass is 32.2. The quantitative estimate of drug-likeness (QED) is 0.196. The summed E-state index contributed by atoms with van der Waals surface area (Å²) in [7, 11) is 1.46. The first-order valence-corrected chi connectivity index (χ1v) is 10.1. The van der Waals surface area contributed by atoms with E-state index in [-0.39, 0.29) is 23.0 Å². The first-order valence-electron chi connectivity index (χ1n) is 8.84. The lowest BCUT2D eigenvalue weighted by Crippen LogP contribution is -2.54. The van der Waals surface area contributed by atoms with Gasteiger partial charge in [0, 0.05) is 27.8 Å². The molecule has 0 spiro atoms. The first kappa shape index (κ1) is 23.5. The topological polar surface area (TPSA) is 140 Å². The highest BCUT2D eigenvalue weighted by Crippen LogP contribution is 2.34. The van der Waals surface area contributed by atoms with E-state index in [9.17, 15) is 24.0 Å². The maximum atomic E-state index is 12.6. The minimum atomic E-state index is -1.32. The minimum Gasteiger partial charge on any atom is -0.456 e. The molecule has 0 radical (unpaired) electrons. The Morgan fingerprint density at radius 2 is 1.67 bits per heavy atom. The predicted molar refractivity (Wildman–Crippen MR) is 102 cm³/mol. The van der Waals surface area contributed by atoms with Gasteiger partial charge in [-0.2, -0.15) is 0 Å². The van der Waals surface area contributed by atoms with Crippen LogP contribution in [0.2, 0.25) is 0 Å². The van der Waals surface area contributed by atoms with Crippen LogP contribution < -0.4 is 5.56 Å². The summed E-state index contributed by atoms with van der Waals surface area (Å²) < 4.78 is 22.7. The Morgan fingerprint density at radius 1 is 1.10 bits per heavy atom. The summed E-state index contributed by atoms with van der Waals surface area (Å²) in [5.41, 5.74) is -0.970. The Hall–Kier alpha value is -2.73. The van der Waals surface area contributed by atoms with E-state index in [4.69, 9.17) is 18.9 Å². The number of aromatic nitrogens is 2. The summed E-state index contributed by atoms with van der Waals surface area (Å²) in [6, 6.07) is 0. The first-order chi connectivity index (χ1) is 14.1. The van der Waals surface area contributed by atoms with Crippen LogP contribution in [-0.2, 0) is 40.4 Å². The molecule has 0 unspecified atom stereocenters. The third-order valence-corrected chi connectivity index (χ3v) is 4.96. The van der Waals surface area contributed by atoms with E-state index in [1.807, 2.05) is 0 Å². The molecule has 1 fully saturated rings. The molecular formula is C18H22N2O9S. The number of carbonyl (C=O) groups is 4. The number of carbonyl (C=O) groups excluding carboxylic acids is 4. The van der Waals surface area contributed by atoms with Crippen LogP contribution >= 0.6 is 11.8 Å². The number of ether oxygens (including phenoxy) is 4. The number of aldehydes is 1. The minimum absolute atomic E-state index is 0.0675. The second-order valence-corrected chi connectivity index (χ2v) is 7.20. The molecule has 0 N–H and O–H groups in total. The molecule has 0 saturated carbocycles. The van der Waals surface area contributed by atoms with E-state index in [0.717, 1.165) is 32.5 Å². The Morgan fingerprint density at radius 3 is 2.17 bits per heavy atom. The summed E-state index contributed by atoms with van der Waals surface area (Å²) in [5.74, 6) is -2.12. The van der Waals surface area contributed by atoms with Crippen molar-refractivity contribution in [2.45, 2.75) is 50.3 Å². The van der Waals surface area contributed by atoms with Gasteiger partial charge < -0.3 is 18.9 Å². The molecule has 0 bridgehead atoms. The van der Waals surface area contributed by atoms with Gasteiger partial charge in [-0.05, 0) is 6.26 Å². The lowest BCUT2D eigenvalue weighted by molar-refractivity contribution is -0.227. The van der Waals surface area contributed by atoms with Crippen molar-refractivity contribution in [1.29, 1.82) is 0 Å². The smallest absolute Gasteiger partial charge is 0.303 e. The number of hydrogen-bond donors (Lipinski definition) is 0. The van der Waals surface area contributed by atoms with Gasteiger partial charge in [-0.1, -0.05) is 11.8 Å². The van der Waals surface area contributed by atoms with Crippen molar-refractivity contribution in [2.24, 2.45) is 7.05 Å². The summed E-state index contributed by atoms with van der Waals surface area (Å²) in [6.07, 6.45) is -2.82. The molecule has 12 heteroatoms. The van der Waals surface area contributed by atoms with E-state index in [0.29, 0.717) is 6.29 Å². The average molecular weight is 442 g/mol. The number of rotatable bonds is 6. The summed E-state index contributed by atoms with van der Waals surface area (Å²) >= 11 is 1.16. The standard InChI is InChI=1S/C18H22N2O9S/c1-8(22)27-12-7-26-15(16(29-10(3)24)14(12)28-9(2)23)13-11(6-21)17(25)20(4)18(19-13)30-5/h6,12,14-16H,7H2,1-5H3/t12-,14+,15+,16-/m1/s1. The molecule has 1 aromatic heterocycles. The molecule has 11 nitrogen and oxygen atoms in total. The number of nitrogens with zero attached hydrogens (tertiary/aromatic N) is 2. The van der Waals surface area contributed by atoms with Crippen LogP contribution in [0.15, 0.2) is 9.95 Å². The molecule has 1 aliphatic heterocycles. The van der Waals surface area contributed by atoms with Gasteiger partial charge in [0.15, 0.2) is 29.8 Å². The lowest BCUT2D eigenvalue weighted by atomic mass is 9.95. The average Bonchev–Trinajstić information content (AvgIpc) is 2.65. The third-order valence-electron chi connectivity index (χ3n) is 4.23. The molecular weight excluding hydrogens is 420 g/mol. The lowest BCUT2D eigenvalue weighted by Gasteiger charge is -2.40. The van der Waals surface area contributed by atoms with Gasteiger partial charge in [0.25, 0.3) is 5.56 Å². The second kappa shape index (κ2) is 9.85. The fourth-order valence-corrected chi connectivity index (χ4v) is 3.65. The van der Waals surface area contributed by atoms with Crippen molar-refractivity contribution in [1.82, 2.24) is 9.55 Å². The van der Waals surface area contributed by atoms with Gasteiger partial charge in [0.1, 0.15) is 11.7 Å². The highest BCUT2D eigenvalue weighted by Gasteiger charge is 2.49. The van der Waals surface area contributed by atoms with Crippen LogP contribution in [-0.4, -0.2) is 64.9 Å². The molecule has 0 aromatic carbocycles. The van der Waals surface area contributed by atoms with Gasteiger partial charge in [-0.3, -0.25) is 28.5 Å². The van der Waals surface area contributed by atoms with Gasteiger partial charge in [0.05, 0.1) is 12.3 Å². The molecule has 1 aliphatic rings. The third kappa shape index (κ3) is 5.05. The van der Waals surface area contributed by atoms with Crippen LogP contribution in [0.5, 0.6) is 0 Å². The van der Waals surface area contributed by atoms with Crippen molar-refractivity contribution in [3.63, 3.8) is 0 Å². The summed E-state index contributed by atoms with van der Waals surface area (Å²) in [4.78, 5) is 63.5. The zero-order valence-electron chi connectivity index (χ0n) is 17.1. The van der Waals surface area contributed by atoms with Crippen LogP contribution in [0, 0.1) is 0 Å². The fraction of sp³-hybridized carbons (Fsp3) is 0.556. The normalized spacial score (nSPS) is 23.4. The maximum absolute atomic E-state index is 12.6. The second-order valence-electron chi connectivity index (χ2n) is 6.43. The largest absolute Gasteiger partial charge is 0.456 e. The van der Waals surface area contributed by atoms with Gasteiger partial charge in [-0.15, -0.1) is 0 Å². The summed E-state index contributed by atoms with van der Waals surface area (Å²) in [5, 5.41) is 0.289. The van der Waals surface area contributed by atoms with Gasteiger partial charge in [-0.25, -0.2) is 4.98 Å². The SMILES string of the molecule is CSc1nc([C@@H]2OC[C@@H](OC(C)=O)[C@H](OC(C)=O)[C@H]2OC(C)=O)c(C=O)c(=O)n1C. The van der Waals surface area contributed by atoms with Crippen LogP contribution in [0.25, 0.3) is 0 Å². The monoisotopic (exact) mass is 442 g/mol. The van der Waals surface area contributed by atoms with Crippen molar-refractivity contribution in [3.05, 3.63) is 21.6 Å². The Bertz CT molecular complexity index is 914. The number of hydrogen-bond acceptors (Lipinski definition) is 11. The van der Waals surface area contributed by atoms with E-state index < -0.39 is 47.9 Å². The molecule has 1 aromatic rings. The molecule has 1 saturated heterocycles. The van der Waals surface area contributed by atoms with Crippen molar-refractivity contribution < 1.29 is 38.1 Å². The summed E-state index contributed by atoms with van der Waals surface area (Å²) in [6.45, 7) is 3.18. The van der Waals surface area contributed by atoms with Crippen LogP contribution in [0.1, 0.15) is 42.9 Å². The molecule has 4 atom stereocenters. The van der Waals surface area contributed by atoms with Crippen molar-refractivity contribution in [2.75, 3.05) is 12.9 Å². The Labute approximate surface area is 176 Å². The van der Waals surface area contributed by atoms with Crippen molar-refractivity contribution in [3.8, 4) is 0 Å². The Balaban J connectivity index is 2.63.